The Labute approximate surface area is 167 Å². The van der Waals surface area contributed by atoms with Crippen molar-refractivity contribution in [3.05, 3.63) is 53.3 Å². The van der Waals surface area contributed by atoms with Crippen LogP contribution >= 0.6 is 11.6 Å². The third kappa shape index (κ3) is 4.75. The number of carboxylic acid groups (broad SMARTS) is 1. The fourth-order valence-electron chi connectivity index (χ4n) is 2.96. The molecule has 0 fully saturated rings. The highest BCUT2D eigenvalue weighted by Crippen LogP contribution is 2.30. The standard InChI is InChI=1S/C21H21ClFN3O2/c1-2-3-11-26(12-10-19(27)28)21-17-9-6-15(22)13-18(17)24-20(25-21)14-4-7-16(23)8-5-14/h4-9,13H,2-3,10-12H2,1H3,(H,27,28). The summed E-state index contributed by atoms with van der Waals surface area (Å²) in [7, 11) is 0. The summed E-state index contributed by atoms with van der Waals surface area (Å²) in [4.78, 5) is 22.4. The van der Waals surface area contributed by atoms with Gasteiger partial charge < -0.3 is 10.0 Å². The van der Waals surface area contributed by atoms with Crippen LogP contribution in [-0.2, 0) is 4.79 Å². The Hall–Kier alpha value is -2.73. The molecule has 1 aromatic heterocycles. The highest BCUT2D eigenvalue weighted by molar-refractivity contribution is 6.31. The summed E-state index contributed by atoms with van der Waals surface area (Å²) in [6.07, 6.45) is 1.89. The maximum absolute atomic E-state index is 13.3. The lowest BCUT2D eigenvalue weighted by molar-refractivity contribution is -0.136. The fourth-order valence-corrected chi connectivity index (χ4v) is 3.12. The molecule has 1 heterocycles. The van der Waals surface area contributed by atoms with Gasteiger partial charge in [-0.15, -0.1) is 0 Å². The molecule has 0 aliphatic rings. The van der Waals surface area contributed by atoms with Crippen molar-refractivity contribution < 1.29 is 14.3 Å². The number of unbranched alkanes of at least 4 members (excludes halogenated alkanes) is 1. The summed E-state index contributed by atoms with van der Waals surface area (Å²) in [6.45, 7) is 3.10. The third-order valence-corrected chi connectivity index (χ3v) is 4.65. The van der Waals surface area contributed by atoms with Crippen LogP contribution in [0.15, 0.2) is 42.5 Å². The second-order valence-electron chi connectivity index (χ2n) is 6.52. The molecule has 3 rings (SSSR count). The number of benzene rings is 2. The van der Waals surface area contributed by atoms with Gasteiger partial charge in [0.2, 0.25) is 0 Å². The number of rotatable bonds is 8. The van der Waals surface area contributed by atoms with Crippen molar-refractivity contribution >= 4 is 34.3 Å². The van der Waals surface area contributed by atoms with Gasteiger partial charge in [0, 0.05) is 29.1 Å². The molecular formula is C21H21ClFN3O2. The number of aromatic nitrogens is 2. The highest BCUT2D eigenvalue weighted by Gasteiger charge is 2.17. The van der Waals surface area contributed by atoms with Crippen molar-refractivity contribution in [1.82, 2.24) is 9.97 Å². The lowest BCUT2D eigenvalue weighted by Crippen LogP contribution is -2.28. The first-order chi connectivity index (χ1) is 13.5. The van der Waals surface area contributed by atoms with Crippen molar-refractivity contribution in [1.29, 1.82) is 0 Å². The molecule has 2 aromatic carbocycles. The van der Waals surface area contributed by atoms with Crippen LogP contribution < -0.4 is 4.90 Å². The average Bonchev–Trinajstić information content (AvgIpc) is 2.67. The van der Waals surface area contributed by atoms with Crippen molar-refractivity contribution in [2.75, 3.05) is 18.0 Å². The molecule has 0 amide bonds. The Kier molecular flexibility index (Phi) is 6.41. The van der Waals surface area contributed by atoms with Crippen LogP contribution in [0.3, 0.4) is 0 Å². The van der Waals surface area contributed by atoms with Crippen LogP contribution in [0.4, 0.5) is 10.2 Å². The van der Waals surface area contributed by atoms with Crippen molar-refractivity contribution in [2.45, 2.75) is 26.2 Å². The normalized spacial score (nSPS) is 11.0. The Morgan fingerprint density at radius 1 is 1.14 bits per heavy atom. The second kappa shape index (κ2) is 8.97. The SMILES string of the molecule is CCCCN(CCC(=O)O)c1nc(-c2ccc(F)cc2)nc2cc(Cl)ccc12. The zero-order valence-corrected chi connectivity index (χ0v) is 16.3. The number of hydrogen-bond acceptors (Lipinski definition) is 4. The summed E-state index contributed by atoms with van der Waals surface area (Å²) in [5, 5.41) is 10.5. The largest absolute Gasteiger partial charge is 0.481 e. The van der Waals surface area contributed by atoms with E-state index in [-0.39, 0.29) is 12.2 Å². The first-order valence-electron chi connectivity index (χ1n) is 9.18. The van der Waals surface area contributed by atoms with Crippen LogP contribution in [0.2, 0.25) is 5.02 Å². The van der Waals surface area contributed by atoms with Gasteiger partial charge in [-0.2, -0.15) is 0 Å². The highest BCUT2D eigenvalue weighted by atomic mass is 35.5. The molecule has 0 unspecified atom stereocenters. The average molecular weight is 402 g/mol. The number of halogens is 2. The molecule has 5 nitrogen and oxygen atoms in total. The molecular weight excluding hydrogens is 381 g/mol. The van der Waals surface area contributed by atoms with Crippen LogP contribution in [0.1, 0.15) is 26.2 Å². The number of hydrogen-bond donors (Lipinski definition) is 1. The monoisotopic (exact) mass is 401 g/mol. The van der Waals surface area contributed by atoms with Gasteiger partial charge in [-0.1, -0.05) is 24.9 Å². The summed E-state index contributed by atoms with van der Waals surface area (Å²) in [5.41, 5.74) is 1.34. The molecule has 0 aliphatic heterocycles. The van der Waals surface area contributed by atoms with E-state index in [0.717, 1.165) is 18.2 Å². The van der Waals surface area contributed by atoms with Crippen LogP contribution in [-0.4, -0.2) is 34.1 Å². The predicted molar refractivity (Wildman–Crippen MR) is 109 cm³/mol. The van der Waals surface area contributed by atoms with Gasteiger partial charge in [0.1, 0.15) is 11.6 Å². The number of carbonyl (C=O) groups is 1. The summed E-state index contributed by atoms with van der Waals surface area (Å²) in [6, 6.07) is 11.3. The van der Waals surface area contributed by atoms with Crippen molar-refractivity contribution in [3.8, 4) is 11.4 Å². The third-order valence-electron chi connectivity index (χ3n) is 4.42. The molecule has 28 heavy (non-hydrogen) atoms. The molecule has 0 saturated heterocycles. The van der Waals surface area contributed by atoms with Gasteiger partial charge >= 0.3 is 5.97 Å². The van der Waals surface area contributed by atoms with Gasteiger partial charge in [0.05, 0.1) is 11.9 Å². The number of anilines is 1. The van der Waals surface area contributed by atoms with Gasteiger partial charge in [-0.3, -0.25) is 4.79 Å². The number of aliphatic carboxylic acids is 1. The van der Waals surface area contributed by atoms with Crippen LogP contribution in [0.5, 0.6) is 0 Å². The van der Waals surface area contributed by atoms with E-state index in [9.17, 15) is 9.18 Å². The minimum Gasteiger partial charge on any atom is -0.481 e. The molecule has 0 atom stereocenters. The lowest BCUT2D eigenvalue weighted by atomic mass is 10.1. The minimum atomic E-state index is -0.860. The van der Waals surface area contributed by atoms with Gasteiger partial charge in [-0.05, 0) is 48.9 Å². The molecule has 146 valence electrons. The summed E-state index contributed by atoms with van der Waals surface area (Å²) < 4.78 is 13.3. The van der Waals surface area contributed by atoms with Crippen LogP contribution in [0, 0.1) is 5.82 Å². The Balaban J connectivity index is 2.13. The van der Waals surface area contributed by atoms with E-state index in [1.165, 1.54) is 12.1 Å². The van der Waals surface area contributed by atoms with E-state index in [1.807, 2.05) is 11.0 Å². The zero-order valence-electron chi connectivity index (χ0n) is 15.5. The van der Waals surface area contributed by atoms with E-state index < -0.39 is 5.97 Å². The number of nitrogens with zero attached hydrogens (tertiary/aromatic N) is 3. The van der Waals surface area contributed by atoms with Gasteiger partial charge in [0.25, 0.3) is 0 Å². The second-order valence-corrected chi connectivity index (χ2v) is 6.96. The molecule has 0 bridgehead atoms. The molecule has 1 N–H and O–H groups in total. The smallest absolute Gasteiger partial charge is 0.305 e. The Morgan fingerprint density at radius 2 is 1.89 bits per heavy atom. The van der Waals surface area contributed by atoms with Crippen molar-refractivity contribution in [3.63, 3.8) is 0 Å². The summed E-state index contributed by atoms with van der Waals surface area (Å²) in [5.74, 6) is -0.0854. The van der Waals surface area contributed by atoms with E-state index in [0.29, 0.717) is 40.8 Å². The Morgan fingerprint density at radius 3 is 2.57 bits per heavy atom. The van der Waals surface area contributed by atoms with Crippen molar-refractivity contribution in [2.24, 2.45) is 0 Å². The molecule has 0 aliphatic carbocycles. The molecule has 0 saturated carbocycles. The summed E-state index contributed by atoms with van der Waals surface area (Å²) >= 11 is 6.15. The van der Waals surface area contributed by atoms with Gasteiger partial charge in [-0.25, -0.2) is 14.4 Å². The number of fused-ring (bicyclic) bond motifs is 1. The first kappa shape index (κ1) is 20.0. The van der Waals surface area contributed by atoms with E-state index in [1.54, 1.807) is 24.3 Å². The van der Waals surface area contributed by atoms with E-state index in [4.69, 9.17) is 21.7 Å². The fraction of sp³-hybridized carbons (Fsp3) is 0.286. The topological polar surface area (TPSA) is 66.3 Å². The minimum absolute atomic E-state index is 0.00861. The zero-order chi connectivity index (χ0) is 20.1. The lowest BCUT2D eigenvalue weighted by Gasteiger charge is -2.25. The first-order valence-corrected chi connectivity index (χ1v) is 9.55. The Bertz CT molecular complexity index is 979. The van der Waals surface area contributed by atoms with E-state index >= 15 is 0 Å². The quantitative estimate of drug-likeness (QED) is 0.564. The maximum Gasteiger partial charge on any atom is 0.305 e. The number of carboxylic acids is 1. The molecule has 0 spiro atoms. The molecule has 7 heteroatoms. The maximum atomic E-state index is 13.3. The molecule has 0 radical (unpaired) electrons. The molecule has 3 aromatic rings. The van der Waals surface area contributed by atoms with Gasteiger partial charge in [0.15, 0.2) is 5.82 Å². The van der Waals surface area contributed by atoms with Crippen LogP contribution in [0.25, 0.3) is 22.3 Å². The van der Waals surface area contributed by atoms with E-state index in [2.05, 4.69) is 11.9 Å². The predicted octanol–water partition coefficient (Wildman–Crippen LogP) is 5.17.